The first-order valence-corrected chi connectivity index (χ1v) is 25.7. The number of benzene rings is 8. The maximum absolute atomic E-state index is 5.90. The average Bonchev–Trinajstić information content (AvgIpc) is 4.34. The van der Waals surface area contributed by atoms with Crippen molar-refractivity contribution in [3.05, 3.63) is 196 Å². The van der Waals surface area contributed by atoms with E-state index < -0.39 is 0 Å². The predicted molar refractivity (Wildman–Crippen MR) is 310 cm³/mol. The zero-order chi connectivity index (χ0) is 52.4. The van der Waals surface area contributed by atoms with Crippen LogP contribution in [0.4, 0.5) is 0 Å². The fourth-order valence-corrected chi connectivity index (χ4v) is 11.9. The van der Waals surface area contributed by atoms with Crippen molar-refractivity contribution in [2.75, 3.05) is 0 Å². The maximum Gasteiger partial charge on any atom is 0.166 e. The van der Waals surface area contributed by atoms with E-state index in [2.05, 4.69) is 151 Å². The fraction of sp³-hybridized carbons (Fsp3) is 0. The molecule has 16 heteroatoms. The highest BCUT2D eigenvalue weighted by molar-refractivity contribution is 6.24. The van der Waals surface area contributed by atoms with Crippen LogP contribution in [-0.2, 0) is 0 Å². The van der Waals surface area contributed by atoms with Crippen LogP contribution in [0.25, 0.3) is 177 Å². The van der Waals surface area contributed by atoms with Crippen molar-refractivity contribution in [1.82, 2.24) is 79.7 Å². The van der Waals surface area contributed by atoms with Crippen molar-refractivity contribution in [3.8, 4) is 90.6 Å². The summed E-state index contributed by atoms with van der Waals surface area (Å²) in [6.07, 6.45) is 12.2. The summed E-state index contributed by atoms with van der Waals surface area (Å²) >= 11 is 0. The Morgan fingerprint density at radius 3 is 0.650 bits per heavy atom. The predicted octanol–water partition coefficient (Wildman–Crippen LogP) is 13.3. The minimum absolute atomic E-state index is 0.396. The molecule has 80 heavy (non-hydrogen) atoms. The van der Waals surface area contributed by atoms with Gasteiger partial charge in [-0.15, -0.1) is 0 Å². The van der Waals surface area contributed by atoms with E-state index in [4.69, 9.17) is 49.8 Å². The highest BCUT2D eigenvalue weighted by Gasteiger charge is 2.33. The molecule has 8 bridgehead atoms. The number of nitrogens with one attached hydrogen (secondary N) is 2. The highest BCUT2D eigenvalue weighted by atomic mass is 15.0. The van der Waals surface area contributed by atoms with Gasteiger partial charge in [0, 0.05) is 43.8 Å². The Balaban J connectivity index is 1.23. The summed E-state index contributed by atoms with van der Waals surface area (Å²) in [5.74, 6) is 1.58. The lowest BCUT2D eigenvalue weighted by atomic mass is 9.94. The number of aromatic amines is 2. The average molecular weight is 1030 g/mol. The van der Waals surface area contributed by atoms with Crippen molar-refractivity contribution in [3.63, 3.8) is 0 Å². The molecule has 6 aromatic heterocycles. The molecule has 0 amide bonds. The second-order valence-electron chi connectivity index (χ2n) is 19.7. The molecule has 0 unspecified atom stereocenters. The quantitative estimate of drug-likeness (QED) is 0.168. The van der Waals surface area contributed by atoms with Gasteiger partial charge >= 0.3 is 0 Å². The summed E-state index contributed by atoms with van der Waals surface area (Å²) in [5, 5.41) is 11.7. The first-order valence-electron chi connectivity index (χ1n) is 25.7. The van der Waals surface area contributed by atoms with Gasteiger partial charge in [-0.25, -0.2) is 69.8 Å². The zero-order valence-electron chi connectivity index (χ0n) is 41.7. The molecule has 8 heterocycles. The van der Waals surface area contributed by atoms with Gasteiger partial charge in [0.1, 0.15) is 50.6 Å². The van der Waals surface area contributed by atoms with Crippen molar-refractivity contribution in [1.29, 1.82) is 0 Å². The van der Waals surface area contributed by atoms with E-state index in [1.54, 1.807) is 0 Å². The van der Waals surface area contributed by atoms with Gasteiger partial charge in [0.15, 0.2) is 23.3 Å². The largest absolute Gasteiger partial charge is 0.353 e. The summed E-state index contributed by atoms with van der Waals surface area (Å²) in [4.78, 5) is 76.8. The van der Waals surface area contributed by atoms with Crippen LogP contribution in [0.2, 0.25) is 0 Å². The fourth-order valence-electron chi connectivity index (χ4n) is 11.9. The number of rotatable bonds is 4. The van der Waals surface area contributed by atoms with E-state index in [0.29, 0.717) is 90.4 Å². The monoisotopic (exact) mass is 1030 g/mol. The van der Waals surface area contributed by atoms with Gasteiger partial charge in [0.2, 0.25) is 0 Å². The topological polar surface area (TPSA) is 212 Å². The molecule has 2 N–H and O–H groups in total. The number of H-pyrrole nitrogens is 2. The molecule has 2 aliphatic heterocycles. The minimum atomic E-state index is 0.396. The number of aromatic nitrogens is 16. The van der Waals surface area contributed by atoms with Crippen LogP contribution in [0.5, 0.6) is 0 Å². The van der Waals surface area contributed by atoms with Gasteiger partial charge in [-0.05, 0) is 91.6 Å². The molecule has 1 aliphatic carbocycles. The van der Waals surface area contributed by atoms with Crippen molar-refractivity contribution in [2.24, 2.45) is 0 Å². The molecule has 0 saturated heterocycles. The van der Waals surface area contributed by atoms with E-state index in [1.165, 1.54) is 50.6 Å². The molecule has 0 radical (unpaired) electrons. The molecule has 3 aliphatic rings. The van der Waals surface area contributed by atoms with Crippen LogP contribution >= 0.6 is 0 Å². The molecule has 14 aromatic rings. The van der Waals surface area contributed by atoms with Crippen molar-refractivity contribution < 1.29 is 0 Å². The normalized spacial score (nSPS) is 12.0. The summed E-state index contributed by atoms with van der Waals surface area (Å²) in [6.45, 7) is 0. The Labute approximate surface area is 451 Å². The third-order valence-electron chi connectivity index (χ3n) is 15.4. The van der Waals surface area contributed by atoms with E-state index in [9.17, 15) is 0 Å². The van der Waals surface area contributed by atoms with Gasteiger partial charge in [-0.2, -0.15) is 0 Å². The second-order valence-corrected chi connectivity index (χ2v) is 19.7. The van der Waals surface area contributed by atoms with E-state index in [1.807, 2.05) is 24.3 Å². The third kappa shape index (κ3) is 6.56. The van der Waals surface area contributed by atoms with Crippen molar-refractivity contribution in [2.45, 2.75) is 0 Å². The van der Waals surface area contributed by atoms with E-state index >= 15 is 0 Å². The molecule has 370 valence electrons. The van der Waals surface area contributed by atoms with Crippen LogP contribution in [0.1, 0.15) is 0 Å². The number of fused-ring (bicyclic) bond motifs is 4. The zero-order valence-corrected chi connectivity index (χ0v) is 41.7. The standard InChI is InChI=1S/C64H34N16/c1-2-10-34-18-42-41(17-33(34)9-1)53-49(61-69-25-65-26-70-61)55-43-19-35-11-3-4-12-36(35)20-44(43)57(78-55)51(63-73-29-67-30-74-63)59-47-23-39-15-7-8-16-40(39)24-48(47)60(80-59)52(64-75-31-68-32-76-64)58-46-22-38-14-6-5-13-37(38)21-45(46)56(79-58)50(54(42)77-53)62-71-27-66-28-72-62/h1-32,77,80H. The SMILES string of the molecule is c1ccc2cc3c(cc2c1)-c1nc-3c(-c2ncncn2)c2[nH]c(c(-c3ncncn3)c3nc(c(-c4ncncn4)c4[nH]c(c1-c1ncncn1)c1cc5ccccc5cc41)-c1cc4ccccc4cc1-3)c1cc3ccccc3cc21. The van der Waals surface area contributed by atoms with Crippen LogP contribution in [-0.4, -0.2) is 79.7 Å². The third-order valence-corrected chi connectivity index (χ3v) is 15.4. The molecule has 0 atom stereocenters. The molecule has 0 spiro atoms. The highest BCUT2D eigenvalue weighted by Crippen LogP contribution is 2.52. The van der Waals surface area contributed by atoms with Crippen LogP contribution < -0.4 is 0 Å². The van der Waals surface area contributed by atoms with Gasteiger partial charge in [-0.1, -0.05) is 97.1 Å². The Bertz CT molecular complexity index is 4650. The Kier molecular flexibility index (Phi) is 9.28. The lowest BCUT2D eigenvalue weighted by Gasteiger charge is -2.09. The van der Waals surface area contributed by atoms with Gasteiger partial charge in [0.25, 0.3) is 0 Å². The minimum Gasteiger partial charge on any atom is -0.353 e. The number of hydrogen-bond donors (Lipinski definition) is 2. The first-order chi connectivity index (χ1) is 39.7. The molecule has 0 fully saturated rings. The van der Waals surface area contributed by atoms with E-state index in [-0.39, 0.29) is 0 Å². The van der Waals surface area contributed by atoms with Crippen LogP contribution in [0.3, 0.4) is 0 Å². The molecule has 0 saturated carbocycles. The molecular weight excluding hydrogens is 993 g/mol. The lowest BCUT2D eigenvalue weighted by molar-refractivity contribution is 1.05. The second kappa shape index (κ2) is 17.0. The lowest BCUT2D eigenvalue weighted by Crippen LogP contribution is -1.94. The van der Waals surface area contributed by atoms with Crippen LogP contribution in [0.15, 0.2) is 196 Å². The maximum atomic E-state index is 5.90. The summed E-state index contributed by atoms with van der Waals surface area (Å²) in [5.41, 5.74) is 11.1. The van der Waals surface area contributed by atoms with Gasteiger partial charge < -0.3 is 9.97 Å². The number of hydrogen-bond acceptors (Lipinski definition) is 14. The van der Waals surface area contributed by atoms with Crippen molar-refractivity contribution >= 4 is 86.7 Å². The van der Waals surface area contributed by atoms with Gasteiger partial charge in [0.05, 0.1) is 67.1 Å². The Morgan fingerprint density at radius 2 is 0.438 bits per heavy atom. The molecular formula is C64H34N16. The van der Waals surface area contributed by atoms with Gasteiger partial charge in [-0.3, -0.25) is 0 Å². The van der Waals surface area contributed by atoms with Crippen LogP contribution in [0, 0.1) is 0 Å². The number of nitrogens with zero attached hydrogens (tertiary/aromatic N) is 14. The smallest absolute Gasteiger partial charge is 0.166 e. The Hall–Kier alpha value is -11.5. The van der Waals surface area contributed by atoms with E-state index in [0.717, 1.165) is 86.9 Å². The first kappa shape index (κ1) is 43.7. The summed E-state index contributed by atoms with van der Waals surface area (Å²) in [6, 6.07) is 51.0. The molecule has 16 nitrogen and oxygen atoms in total. The Morgan fingerprint density at radius 1 is 0.237 bits per heavy atom. The molecule has 8 aromatic carbocycles. The summed E-state index contributed by atoms with van der Waals surface area (Å²) < 4.78 is 0. The summed E-state index contributed by atoms with van der Waals surface area (Å²) in [7, 11) is 0. The molecule has 17 rings (SSSR count).